The average molecular weight is 272 g/mol. The molecular weight excluding hydrogens is 252 g/mol. The lowest BCUT2D eigenvalue weighted by Crippen LogP contribution is -2.53. The Bertz CT molecular complexity index is 488. The third kappa shape index (κ3) is 3.08. The van der Waals surface area contributed by atoms with Gasteiger partial charge in [-0.2, -0.15) is 0 Å². The van der Waals surface area contributed by atoms with E-state index in [0.717, 1.165) is 26.1 Å². The number of carbonyl (C=O) groups excluding carboxylic acids is 1. The second kappa shape index (κ2) is 5.77. The summed E-state index contributed by atoms with van der Waals surface area (Å²) in [5.74, 6) is -0.00181. The first kappa shape index (κ1) is 13.3. The number of likely N-dealkylation sites (tertiary alicyclic amines) is 1. The van der Waals surface area contributed by atoms with Crippen molar-refractivity contribution in [2.45, 2.75) is 12.0 Å². The van der Waals surface area contributed by atoms with Crippen LogP contribution in [0.1, 0.15) is 12.0 Å². The van der Waals surface area contributed by atoms with E-state index in [0.29, 0.717) is 6.54 Å². The van der Waals surface area contributed by atoms with Crippen molar-refractivity contribution in [3.63, 3.8) is 0 Å². The maximum Gasteiger partial charge on any atom is 0.246 e. The van der Waals surface area contributed by atoms with Crippen molar-refractivity contribution in [3.05, 3.63) is 42.0 Å². The predicted molar refractivity (Wildman–Crippen MR) is 78.2 cm³/mol. The van der Waals surface area contributed by atoms with Gasteiger partial charge in [0.1, 0.15) is 6.61 Å². The van der Waals surface area contributed by atoms with Crippen LogP contribution in [-0.4, -0.2) is 49.2 Å². The largest absolute Gasteiger partial charge is 0.362 e. The normalized spacial score (nSPS) is 27.3. The quantitative estimate of drug-likeness (QED) is 0.901. The van der Waals surface area contributed by atoms with Gasteiger partial charge in [-0.3, -0.25) is 9.69 Å². The van der Waals surface area contributed by atoms with E-state index in [-0.39, 0.29) is 18.1 Å². The number of hydrogen-bond donors (Lipinski definition) is 1. The van der Waals surface area contributed by atoms with Crippen LogP contribution in [0.5, 0.6) is 0 Å². The van der Waals surface area contributed by atoms with Crippen molar-refractivity contribution >= 4 is 12.0 Å². The van der Waals surface area contributed by atoms with Gasteiger partial charge in [-0.1, -0.05) is 42.5 Å². The number of ether oxygens (including phenoxy) is 1. The highest BCUT2D eigenvalue weighted by atomic mass is 16.5. The Morgan fingerprint density at radius 3 is 2.95 bits per heavy atom. The fraction of sp³-hybridized carbons (Fsp3) is 0.438. The van der Waals surface area contributed by atoms with Crippen LogP contribution in [0.15, 0.2) is 36.4 Å². The molecule has 2 heterocycles. The molecule has 2 aliphatic rings. The lowest BCUT2D eigenvalue weighted by atomic mass is 10.0. The van der Waals surface area contributed by atoms with Crippen molar-refractivity contribution in [2.75, 3.05) is 32.8 Å². The first-order chi connectivity index (χ1) is 9.76. The molecule has 0 aliphatic carbocycles. The summed E-state index contributed by atoms with van der Waals surface area (Å²) in [6.07, 6.45) is 5.33. The maximum absolute atomic E-state index is 11.2. The van der Waals surface area contributed by atoms with Crippen molar-refractivity contribution in [3.8, 4) is 0 Å². The number of morpholine rings is 1. The average Bonchev–Trinajstić information content (AvgIpc) is 2.87. The van der Waals surface area contributed by atoms with Crippen LogP contribution in [0.25, 0.3) is 6.08 Å². The van der Waals surface area contributed by atoms with E-state index < -0.39 is 0 Å². The molecule has 1 aromatic rings. The number of amides is 1. The third-order valence-electron chi connectivity index (χ3n) is 3.99. The third-order valence-corrected chi connectivity index (χ3v) is 3.99. The summed E-state index contributed by atoms with van der Waals surface area (Å²) in [4.78, 5) is 13.5. The van der Waals surface area contributed by atoms with Gasteiger partial charge in [0.15, 0.2) is 0 Å². The summed E-state index contributed by atoms with van der Waals surface area (Å²) in [6.45, 7) is 3.69. The maximum atomic E-state index is 11.2. The zero-order valence-electron chi connectivity index (χ0n) is 11.5. The van der Waals surface area contributed by atoms with Gasteiger partial charge in [0.25, 0.3) is 0 Å². The standard InChI is InChI=1S/C16H20N2O2/c19-15-11-20-16(12-17-15)8-10-18(13-16)9-4-7-14-5-2-1-3-6-14/h1-7H,8-13H2,(H,17,19). The molecule has 0 radical (unpaired) electrons. The molecule has 1 spiro atoms. The van der Waals surface area contributed by atoms with Gasteiger partial charge < -0.3 is 10.1 Å². The highest BCUT2D eigenvalue weighted by molar-refractivity contribution is 5.78. The number of nitrogens with one attached hydrogen (secondary N) is 1. The molecule has 20 heavy (non-hydrogen) atoms. The van der Waals surface area contributed by atoms with E-state index in [1.807, 2.05) is 18.2 Å². The Kier molecular flexibility index (Phi) is 3.85. The minimum absolute atomic E-state index is 0.00181. The zero-order valence-corrected chi connectivity index (χ0v) is 11.5. The molecule has 2 fully saturated rings. The van der Waals surface area contributed by atoms with Gasteiger partial charge in [0.2, 0.25) is 5.91 Å². The van der Waals surface area contributed by atoms with E-state index in [2.05, 4.69) is 34.5 Å². The SMILES string of the molecule is O=C1COC2(CCN(CC=Cc3ccccc3)C2)CN1. The van der Waals surface area contributed by atoms with Crippen molar-refractivity contribution < 1.29 is 9.53 Å². The Hall–Kier alpha value is -1.65. The molecule has 0 bridgehead atoms. The van der Waals surface area contributed by atoms with Gasteiger partial charge in [-0.15, -0.1) is 0 Å². The lowest BCUT2D eigenvalue weighted by molar-refractivity contribution is -0.142. The molecule has 1 amide bonds. The number of benzene rings is 1. The summed E-state index contributed by atoms with van der Waals surface area (Å²) in [7, 11) is 0. The molecule has 1 aromatic carbocycles. The first-order valence-corrected chi connectivity index (χ1v) is 7.10. The highest BCUT2D eigenvalue weighted by Crippen LogP contribution is 2.26. The first-order valence-electron chi connectivity index (χ1n) is 7.10. The van der Waals surface area contributed by atoms with Gasteiger partial charge >= 0.3 is 0 Å². The number of carbonyl (C=O) groups is 1. The number of rotatable bonds is 3. The van der Waals surface area contributed by atoms with Gasteiger partial charge in [0, 0.05) is 26.2 Å². The van der Waals surface area contributed by atoms with Gasteiger partial charge in [-0.05, 0) is 12.0 Å². The molecule has 4 nitrogen and oxygen atoms in total. The Balaban J connectivity index is 1.51. The fourth-order valence-corrected chi connectivity index (χ4v) is 2.83. The molecule has 1 unspecified atom stereocenters. The summed E-state index contributed by atoms with van der Waals surface area (Å²) in [5.41, 5.74) is 1.07. The van der Waals surface area contributed by atoms with E-state index in [4.69, 9.17) is 4.74 Å². The minimum Gasteiger partial charge on any atom is -0.362 e. The molecule has 0 saturated carbocycles. The highest BCUT2D eigenvalue weighted by Gasteiger charge is 2.41. The Morgan fingerprint density at radius 1 is 1.35 bits per heavy atom. The van der Waals surface area contributed by atoms with Crippen LogP contribution in [-0.2, 0) is 9.53 Å². The van der Waals surface area contributed by atoms with Crippen LogP contribution < -0.4 is 5.32 Å². The number of hydrogen-bond acceptors (Lipinski definition) is 3. The Morgan fingerprint density at radius 2 is 2.20 bits per heavy atom. The van der Waals surface area contributed by atoms with Crippen LogP contribution >= 0.6 is 0 Å². The van der Waals surface area contributed by atoms with Gasteiger partial charge in [-0.25, -0.2) is 0 Å². The van der Waals surface area contributed by atoms with Crippen LogP contribution in [0.3, 0.4) is 0 Å². The monoisotopic (exact) mass is 272 g/mol. The summed E-state index contributed by atoms with van der Waals surface area (Å²) < 4.78 is 5.76. The molecule has 106 valence electrons. The van der Waals surface area contributed by atoms with Crippen molar-refractivity contribution in [1.82, 2.24) is 10.2 Å². The number of nitrogens with zero attached hydrogens (tertiary/aromatic N) is 1. The molecule has 4 heteroatoms. The molecule has 2 saturated heterocycles. The predicted octanol–water partition coefficient (Wildman–Crippen LogP) is 1.29. The fourth-order valence-electron chi connectivity index (χ4n) is 2.83. The van der Waals surface area contributed by atoms with Crippen molar-refractivity contribution in [1.29, 1.82) is 0 Å². The van der Waals surface area contributed by atoms with Crippen LogP contribution in [0.4, 0.5) is 0 Å². The topological polar surface area (TPSA) is 41.6 Å². The second-order valence-corrected chi connectivity index (χ2v) is 5.55. The minimum atomic E-state index is -0.158. The molecule has 0 aromatic heterocycles. The summed E-state index contributed by atoms with van der Waals surface area (Å²) in [6, 6.07) is 10.3. The molecule has 3 rings (SSSR count). The smallest absolute Gasteiger partial charge is 0.246 e. The van der Waals surface area contributed by atoms with E-state index in [1.165, 1.54) is 5.56 Å². The van der Waals surface area contributed by atoms with Gasteiger partial charge in [0.05, 0.1) is 5.60 Å². The molecular formula is C16H20N2O2. The van der Waals surface area contributed by atoms with Crippen molar-refractivity contribution in [2.24, 2.45) is 0 Å². The van der Waals surface area contributed by atoms with Crippen LogP contribution in [0, 0.1) is 0 Å². The summed E-state index contributed by atoms with van der Waals surface area (Å²) >= 11 is 0. The van der Waals surface area contributed by atoms with E-state index in [9.17, 15) is 4.79 Å². The summed E-state index contributed by atoms with van der Waals surface area (Å²) in [5, 5.41) is 2.91. The van der Waals surface area contributed by atoms with E-state index in [1.54, 1.807) is 0 Å². The second-order valence-electron chi connectivity index (χ2n) is 5.55. The zero-order chi connectivity index (χ0) is 13.8. The lowest BCUT2D eigenvalue weighted by Gasteiger charge is -2.33. The molecule has 1 N–H and O–H groups in total. The van der Waals surface area contributed by atoms with Crippen LogP contribution in [0.2, 0.25) is 0 Å². The molecule has 2 aliphatic heterocycles. The Labute approximate surface area is 119 Å². The van der Waals surface area contributed by atoms with E-state index >= 15 is 0 Å². The molecule has 1 atom stereocenters.